The van der Waals surface area contributed by atoms with Crippen molar-refractivity contribution in [3.63, 3.8) is 0 Å². The molecule has 0 bridgehead atoms. The summed E-state index contributed by atoms with van der Waals surface area (Å²) in [6.07, 6.45) is 18.4. The van der Waals surface area contributed by atoms with Crippen LogP contribution in [0.5, 0.6) is 17.2 Å². The molecule has 3 nitrogen and oxygen atoms in total. The van der Waals surface area contributed by atoms with Gasteiger partial charge in [-0.3, -0.25) is 0 Å². The summed E-state index contributed by atoms with van der Waals surface area (Å²) in [5, 5.41) is 0. The first-order valence-electron chi connectivity index (χ1n) is 18.6. The Bertz CT molecular complexity index is 1410. The first-order chi connectivity index (χ1) is 23.1. The Morgan fingerprint density at radius 3 is 1.73 bits per heavy atom. The molecular formula is C45H64O3. The lowest BCUT2D eigenvalue weighted by molar-refractivity contribution is 0.275. The summed E-state index contributed by atoms with van der Waals surface area (Å²) in [6, 6.07) is 19.4. The fourth-order valence-electron chi connectivity index (χ4n) is 6.09. The highest BCUT2D eigenvalue weighted by atomic mass is 16.5. The second-order valence-electron chi connectivity index (χ2n) is 14.7. The monoisotopic (exact) mass is 652 g/mol. The molecule has 3 heteroatoms. The average molecular weight is 653 g/mol. The Kier molecular flexibility index (Phi) is 16.9. The number of hydrogen-bond acceptors (Lipinski definition) is 3. The molecule has 0 saturated heterocycles. The lowest BCUT2D eigenvalue weighted by Gasteiger charge is -2.16. The van der Waals surface area contributed by atoms with Gasteiger partial charge in [0.25, 0.3) is 0 Å². The number of allylic oxidation sites excluding steroid dienone is 1. The van der Waals surface area contributed by atoms with E-state index < -0.39 is 0 Å². The molecule has 0 aliphatic rings. The van der Waals surface area contributed by atoms with Crippen molar-refractivity contribution in [1.82, 2.24) is 0 Å². The van der Waals surface area contributed by atoms with Crippen molar-refractivity contribution in [2.75, 3.05) is 20.3 Å². The molecule has 0 N–H and O–H groups in total. The topological polar surface area (TPSA) is 27.7 Å². The molecule has 2 unspecified atom stereocenters. The molecule has 0 saturated carbocycles. The summed E-state index contributed by atoms with van der Waals surface area (Å²) < 4.78 is 18.4. The van der Waals surface area contributed by atoms with Crippen molar-refractivity contribution in [3.05, 3.63) is 82.9 Å². The van der Waals surface area contributed by atoms with Crippen LogP contribution in [0.15, 0.2) is 60.7 Å². The van der Waals surface area contributed by atoms with Gasteiger partial charge in [-0.1, -0.05) is 140 Å². The summed E-state index contributed by atoms with van der Waals surface area (Å²) in [5.74, 6) is 5.56. The van der Waals surface area contributed by atoms with E-state index in [0.29, 0.717) is 18.4 Å². The molecule has 3 aromatic rings. The minimum absolute atomic E-state index is 0.653. The maximum Gasteiger partial charge on any atom is 0.127 e. The Hall–Kier alpha value is -3.46. The van der Waals surface area contributed by atoms with E-state index in [-0.39, 0.29) is 0 Å². The van der Waals surface area contributed by atoms with E-state index in [1.54, 1.807) is 7.11 Å². The predicted molar refractivity (Wildman–Crippen MR) is 209 cm³/mol. The van der Waals surface area contributed by atoms with Crippen molar-refractivity contribution in [2.45, 2.75) is 107 Å². The van der Waals surface area contributed by atoms with Crippen LogP contribution in [0, 0.1) is 30.6 Å². The summed E-state index contributed by atoms with van der Waals surface area (Å²) in [6.45, 7) is 19.6. The van der Waals surface area contributed by atoms with E-state index in [2.05, 4.69) is 127 Å². The van der Waals surface area contributed by atoms with E-state index in [1.807, 2.05) is 6.92 Å². The summed E-state index contributed by atoms with van der Waals surface area (Å²) >= 11 is 0. The van der Waals surface area contributed by atoms with Gasteiger partial charge in [-0.05, 0) is 91.3 Å². The lowest BCUT2D eigenvalue weighted by atomic mass is 9.96. The molecule has 3 aromatic carbocycles. The van der Waals surface area contributed by atoms with Crippen molar-refractivity contribution >= 4 is 18.2 Å². The summed E-state index contributed by atoms with van der Waals surface area (Å²) in [4.78, 5) is 0. The largest absolute Gasteiger partial charge is 0.496 e. The molecule has 0 amide bonds. The molecule has 0 radical (unpaired) electrons. The van der Waals surface area contributed by atoms with Gasteiger partial charge in [0.2, 0.25) is 0 Å². The van der Waals surface area contributed by atoms with Crippen LogP contribution in [0.3, 0.4) is 0 Å². The van der Waals surface area contributed by atoms with Gasteiger partial charge < -0.3 is 14.2 Å². The van der Waals surface area contributed by atoms with Gasteiger partial charge in [0, 0.05) is 11.1 Å². The smallest absolute Gasteiger partial charge is 0.127 e. The number of ether oxygens (including phenoxy) is 3. The van der Waals surface area contributed by atoms with Crippen LogP contribution in [0.25, 0.3) is 29.4 Å². The van der Waals surface area contributed by atoms with Crippen LogP contribution in [-0.2, 0) is 0 Å². The molecule has 0 aliphatic heterocycles. The lowest BCUT2D eigenvalue weighted by Crippen LogP contribution is -2.06. The van der Waals surface area contributed by atoms with Gasteiger partial charge in [-0.2, -0.15) is 0 Å². The molecule has 0 aromatic heterocycles. The molecule has 0 fully saturated rings. The standard InChI is InChI=1S/C45H64O3/c1-10-13-40-31-44(46-9)41(32-45(40)48-29-27-36(7)17-12-15-34(4)5)21-20-38-19-18-37(8)30-43(38)39-22-24-42(25-23-39)47-28-26-35(6)16-11-14-33(2)3/h10,13,18-25,30-36H,11-12,14-17,26-29H2,1-9H3/b13-10+,21-20+. The number of rotatable bonds is 21. The fourth-order valence-corrected chi connectivity index (χ4v) is 6.09. The first-order valence-corrected chi connectivity index (χ1v) is 18.6. The maximum atomic E-state index is 6.41. The Morgan fingerprint density at radius 1 is 0.583 bits per heavy atom. The number of hydrogen-bond donors (Lipinski definition) is 0. The van der Waals surface area contributed by atoms with Crippen LogP contribution in [0.2, 0.25) is 0 Å². The van der Waals surface area contributed by atoms with Crippen LogP contribution >= 0.6 is 0 Å². The molecule has 2 atom stereocenters. The molecule has 3 rings (SSSR count). The molecule has 0 spiro atoms. The second kappa shape index (κ2) is 20.8. The zero-order valence-corrected chi connectivity index (χ0v) is 31.6. The highest BCUT2D eigenvalue weighted by molar-refractivity contribution is 5.83. The van der Waals surface area contributed by atoms with Crippen LogP contribution in [-0.4, -0.2) is 20.3 Å². The van der Waals surface area contributed by atoms with Crippen LogP contribution in [0.1, 0.15) is 122 Å². The zero-order chi connectivity index (χ0) is 34.9. The first kappa shape index (κ1) is 39.0. The summed E-state index contributed by atoms with van der Waals surface area (Å²) in [5.41, 5.74) is 6.80. The predicted octanol–water partition coefficient (Wildman–Crippen LogP) is 13.3. The van der Waals surface area contributed by atoms with Gasteiger partial charge in [-0.25, -0.2) is 0 Å². The number of aryl methyl sites for hydroxylation is 1. The molecule has 0 heterocycles. The van der Waals surface area contributed by atoms with Gasteiger partial charge in [-0.15, -0.1) is 0 Å². The minimum atomic E-state index is 0.653. The van der Waals surface area contributed by atoms with Crippen LogP contribution in [0.4, 0.5) is 0 Å². The SMILES string of the molecule is C/C=C/c1cc(OC)c(/C=C/c2ccc(C)cc2-c2ccc(OCCC(C)CCCC(C)C)cc2)cc1OCCC(C)CCCC(C)C. The molecule has 0 aliphatic carbocycles. The van der Waals surface area contributed by atoms with E-state index in [9.17, 15) is 0 Å². The number of benzene rings is 3. The third-order valence-corrected chi connectivity index (χ3v) is 9.23. The second-order valence-corrected chi connectivity index (χ2v) is 14.7. The average Bonchev–Trinajstić information content (AvgIpc) is 3.05. The fraction of sp³-hybridized carbons (Fsp3) is 0.511. The van der Waals surface area contributed by atoms with E-state index in [4.69, 9.17) is 14.2 Å². The summed E-state index contributed by atoms with van der Waals surface area (Å²) in [7, 11) is 1.74. The van der Waals surface area contributed by atoms with Crippen molar-refractivity contribution in [3.8, 4) is 28.4 Å². The van der Waals surface area contributed by atoms with Gasteiger partial charge >= 0.3 is 0 Å². The quantitative estimate of drug-likeness (QED) is 0.107. The minimum Gasteiger partial charge on any atom is -0.496 e. The third-order valence-electron chi connectivity index (χ3n) is 9.23. The Balaban J connectivity index is 1.73. The Labute approximate surface area is 293 Å². The Morgan fingerprint density at radius 2 is 1.15 bits per heavy atom. The molecule has 262 valence electrons. The third kappa shape index (κ3) is 13.6. The van der Waals surface area contributed by atoms with Gasteiger partial charge in [0.1, 0.15) is 17.2 Å². The van der Waals surface area contributed by atoms with E-state index in [0.717, 1.165) is 65.2 Å². The highest BCUT2D eigenvalue weighted by Gasteiger charge is 2.12. The normalized spacial score (nSPS) is 13.1. The van der Waals surface area contributed by atoms with Crippen LogP contribution < -0.4 is 14.2 Å². The highest BCUT2D eigenvalue weighted by Crippen LogP contribution is 2.34. The van der Waals surface area contributed by atoms with Crippen molar-refractivity contribution in [2.24, 2.45) is 23.7 Å². The van der Waals surface area contributed by atoms with E-state index >= 15 is 0 Å². The number of methoxy groups -OCH3 is 1. The van der Waals surface area contributed by atoms with Crippen molar-refractivity contribution in [1.29, 1.82) is 0 Å². The van der Waals surface area contributed by atoms with Gasteiger partial charge in [0.15, 0.2) is 0 Å². The zero-order valence-electron chi connectivity index (χ0n) is 31.6. The van der Waals surface area contributed by atoms with Crippen molar-refractivity contribution < 1.29 is 14.2 Å². The molecule has 48 heavy (non-hydrogen) atoms. The molecular weight excluding hydrogens is 588 g/mol. The van der Waals surface area contributed by atoms with E-state index in [1.165, 1.54) is 55.2 Å². The maximum absolute atomic E-state index is 6.41. The van der Waals surface area contributed by atoms with Gasteiger partial charge in [0.05, 0.1) is 20.3 Å².